The molecule has 0 amide bonds. The van der Waals surface area contributed by atoms with E-state index in [1.165, 1.54) is 88.2 Å². The Balaban J connectivity index is 0.954. The second-order valence-electron chi connectivity index (χ2n) is 19.8. The SMILES string of the molecule is CC(C)(C)c1ccc(-c2ccc3c(c2)c2ccccc2n3-c2ccccc2-c2ccc(N(c3ccc(-c4cccc5ccccc45)cc3)c3ccc4c(c3)C(C)(C)c3ccccc3-4)cc2)cc1. The average molecular weight is 861 g/mol. The van der Waals surface area contributed by atoms with Crippen molar-refractivity contribution >= 4 is 49.6 Å². The van der Waals surface area contributed by atoms with Gasteiger partial charge in [0, 0.05) is 38.8 Å². The molecule has 0 aliphatic heterocycles. The maximum Gasteiger partial charge on any atom is 0.0541 e. The maximum absolute atomic E-state index is 2.45. The normalized spacial score (nSPS) is 13.0. The van der Waals surface area contributed by atoms with Gasteiger partial charge in [0.25, 0.3) is 0 Å². The summed E-state index contributed by atoms with van der Waals surface area (Å²) in [5.41, 5.74) is 20.9. The van der Waals surface area contributed by atoms with Gasteiger partial charge >= 0.3 is 0 Å². The Hall–Kier alpha value is -7.94. The van der Waals surface area contributed by atoms with E-state index >= 15 is 0 Å². The summed E-state index contributed by atoms with van der Waals surface area (Å²) in [5.74, 6) is 0. The lowest BCUT2D eigenvalue weighted by Gasteiger charge is -2.28. The summed E-state index contributed by atoms with van der Waals surface area (Å²) in [6.07, 6.45) is 0. The molecule has 0 saturated heterocycles. The van der Waals surface area contributed by atoms with Gasteiger partial charge in [-0.3, -0.25) is 0 Å². The van der Waals surface area contributed by atoms with E-state index in [1.54, 1.807) is 0 Å². The van der Waals surface area contributed by atoms with E-state index in [4.69, 9.17) is 0 Å². The van der Waals surface area contributed by atoms with Crippen molar-refractivity contribution in [3.63, 3.8) is 0 Å². The van der Waals surface area contributed by atoms with E-state index in [0.717, 1.165) is 28.3 Å². The van der Waals surface area contributed by atoms with Crippen LogP contribution in [0.25, 0.3) is 82.8 Å². The van der Waals surface area contributed by atoms with E-state index in [9.17, 15) is 0 Å². The molecule has 67 heavy (non-hydrogen) atoms. The molecule has 11 aromatic rings. The summed E-state index contributed by atoms with van der Waals surface area (Å²) in [4.78, 5) is 2.42. The van der Waals surface area contributed by atoms with Crippen LogP contribution in [0.5, 0.6) is 0 Å². The molecular weight excluding hydrogens is 809 g/mol. The second kappa shape index (κ2) is 15.6. The Labute approximate surface area is 394 Å². The number of rotatable bonds is 7. The Morgan fingerprint density at radius 1 is 0.373 bits per heavy atom. The van der Waals surface area contributed by atoms with Gasteiger partial charge in [-0.25, -0.2) is 0 Å². The summed E-state index contributed by atoms with van der Waals surface area (Å²) in [7, 11) is 0. The van der Waals surface area contributed by atoms with Gasteiger partial charge in [0.15, 0.2) is 0 Å². The van der Waals surface area contributed by atoms with E-state index in [0.29, 0.717) is 0 Å². The molecule has 0 atom stereocenters. The molecule has 1 aliphatic carbocycles. The monoisotopic (exact) mass is 860 g/mol. The molecular formula is C65H52N2. The van der Waals surface area contributed by atoms with Gasteiger partial charge in [-0.15, -0.1) is 0 Å². The molecule has 0 spiro atoms. The fraction of sp³-hybridized carbons (Fsp3) is 0.108. The number of benzene rings is 10. The molecule has 12 rings (SSSR count). The summed E-state index contributed by atoms with van der Waals surface area (Å²) < 4.78 is 2.45. The minimum absolute atomic E-state index is 0.113. The first-order chi connectivity index (χ1) is 32.6. The first-order valence-electron chi connectivity index (χ1n) is 23.6. The second-order valence-corrected chi connectivity index (χ2v) is 19.8. The van der Waals surface area contributed by atoms with Gasteiger partial charge in [0.1, 0.15) is 0 Å². The van der Waals surface area contributed by atoms with Crippen molar-refractivity contribution in [2.75, 3.05) is 4.90 Å². The van der Waals surface area contributed by atoms with Crippen LogP contribution in [0, 0.1) is 0 Å². The molecule has 0 N–H and O–H groups in total. The van der Waals surface area contributed by atoms with Crippen LogP contribution in [-0.4, -0.2) is 4.57 Å². The number of para-hydroxylation sites is 2. The summed E-state index contributed by atoms with van der Waals surface area (Å²) in [6, 6.07) is 83.2. The van der Waals surface area contributed by atoms with Crippen LogP contribution in [0.3, 0.4) is 0 Å². The van der Waals surface area contributed by atoms with E-state index in [1.807, 2.05) is 0 Å². The highest BCUT2D eigenvalue weighted by molar-refractivity contribution is 6.11. The maximum atomic E-state index is 2.45. The van der Waals surface area contributed by atoms with Gasteiger partial charge in [0.05, 0.1) is 16.7 Å². The molecule has 0 fully saturated rings. The van der Waals surface area contributed by atoms with E-state index < -0.39 is 0 Å². The van der Waals surface area contributed by atoms with Crippen LogP contribution < -0.4 is 4.90 Å². The predicted molar refractivity (Wildman–Crippen MR) is 286 cm³/mol. The highest BCUT2D eigenvalue weighted by Crippen LogP contribution is 2.51. The number of hydrogen-bond acceptors (Lipinski definition) is 1. The molecule has 10 aromatic carbocycles. The molecule has 2 heteroatoms. The Kier molecular flexibility index (Phi) is 9.45. The fourth-order valence-electron chi connectivity index (χ4n) is 10.8. The van der Waals surface area contributed by atoms with Crippen LogP contribution in [0.4, 0.5) is 17.1 Å². The molecule has 1 aromatic heterocycles. The zero-order chi connectivity index (χ0) is 45.4. The van der Waals surface area contributed by atoms with Crippen molar-refractivity contribution in [3.8, 4) is 50.2 Å². The third-order valence-electron chi connectivity index (χ3n) is 14.4. The third-order valence-corrected chi connectivity index (χ3v) is 14.4. The number of fused-ring (bicyclic) bond motifs is 7. The van der Waals surface area contributed by atoms with Crippen molar-refractivity contribution in [1.29, 1.82) is 0 Å². The average Bonchev–Trinajstić information content (AvgIpc) is 3.81. The molecule has 1 aliphatic rings. The van der Waals surface area contributed by atoms with Crippen LogP contribution in [-0.2, 0) is 10.8 Å². The molecule has 322 valence electrons. The van der Waals surface area contributed by atoms with Gasteiger partial charge in [-0.1, -0.05) is 198 Å². The Morgan fingerprint density at radius 3 is 1.66 bits per heavy atom. The largest absolute Gasteiger partial charge is 0.310 e. The zero-order valence-corrected chi connectivity index (χ0v) is 38.8. The molecule has 0 saturated carbocycles. The first kappa shape index (κ1) is 40.6. The van der Waals surface area contributed by atoms with E-state index in [2.05, 4.69) is 269 Å². The van der Waals surface area contributed by atoms with Crippen molar-refractivity contribution < 1.29 is 0 Å². The van der Waals surface area contributed by atoms with Crippen LogP contribution in [0.2, 0.25) is 0 Å². The van der Waals surface area contributed by atoms with Crippen molar-refractivity contribution in [2.24, 2.45) is 0 Å². The lowest BCUT2D eigenvalue weighted by Crippen LogP contribution is -2.16. The molecule has 2 nitrogen and oxygen atoms in total. The summed E-state index contributed by atoms with van der Waals surface area (Å²) >= 11 is 0. The summed E-state index contributed by atoms with van der Waals surface area (Å²) in [6.45, 7) is 11.5. The van der Waals surface area contributed by atoms with Gasteiger partial charge < -0.3 is 9.47 Å². The van der Waals surface area contributed by atoms with Gasteiger partial charge in [-0.2, -0.15) is 0 Å². The van der Waals surface area contributed by atoms with E-state index in [-0.39, 0.29) is 10.8 Å². The standard InChI is InChI=1S/C65H52N2/c1-64(2,3)48-32-25-43(26-33-48)47-31-40-63-58(41-47)57-20-10-13-24-62(57)67(63)61-23-12-9-18-54(61)46-29-36-50(37-30-46)66(51-38-39-56-55-19-8-11-22-59(55)65(4,5)60(56)42-51)49-34-27-45(28-35-49)53-21-14-16-44-15-6-7-17-52(44)53/h6-42H,1-5H3. The third kappa shape index (κ3) is 6.78. The van der Waals surface area contributed by atoms with Gasteiger partial charge in [-0.05, 0) is 132 Å². The number of aromatic nitrogens is 1. The smallest absolute Gasteiger partial charge is 0.0541 e. The molecule has 0 unspecified atom stereocenters. The Morgan fingerprint density at radius 2 is 0.910 bits per heavy atom. The zero-order valence-electron chi connectivity index (χ0n) is 38.8. The van der Waals surface area contributed by atoms with Crippen LogP contribution in [0.1, 0.15) is 51.3 Å². The molecule has 0 radical (unpaired) electrons. The lowest BCUT2D eigenvalue weighted by atomic mass is 9.82. The predicted octanol–water partition coefficient (Wildman–Crippen LogP) is 18.0. The first-order valence-corrected chi connectivity index (χ1v) is 23.6. The minimum atomic E-state index is -0.120. The fourth-order valence-corrected chi connectivity index (χ4v) is 10.8. The number of nitrogens with zero attached hydrogens (tertiary/aromatic N) is 2. The summed E-state index contributed by atoms with van der Waals surface area (Å²) in [5, 5.41) is 5.01. The minimum Gasteiger partial charge on any atom is -0.310 e. The quantitative estimate of drug-likeness (QED) is 0.155. The van der Waals surface area contributed by atoms with Crippen LogP contribution in [0.15, 0.2) is 224 Å². The van der Waals surface area contributed by atoms with Crippen molar-refractivity contribution in [3.05, 3.63) is 241 Å². The lowest BCUT2D eigenvalue weighted by molar-refractivity contribution is 0.590. The molecule has 0 bridgehead atoms. The van der Waals surface area contributed by atoms with Crippen molar-refractivity contribution in [1.82, 2.24) is 4.57 Å². The highest BCUT2D eigenvalue weighted by Gasteiger charge is 2.35. The molecule has 1 heterocycles. The van der Waals surface area contributed by atoms with Crippen molar-refractivity contribution in [2.45, 2.75) is 45.4 Å². The van der Waals surface area contributed by atoms with Crippen LogP contribution >= 0.6 is 0 Å². The Bertz CT molecular complexity index is 3670. The number of anilines is 3. The number of hydrogen-bond donors (Lipinski definition) is 0. The highest BCUT2D eigenvalue weighted by atomic mass is 15.1. The van der Waals surface area contributed by atoms with Gasteiger partial charge in [0.2, 0.25) is 0 Å². The topological polar surface area (TPSA) is 8.17 Å².